The van der Waals surface area contributed by atoms with Gasteiger partial charge in [0.2, 0.25) is 0 Å². The lowest BCUT2D eigenvalue weighted by molar-refractivity contribution is 0.282. The van der Waals surface area contributed by atoms with Gasteiger partial charge in [0.1, 0.15) is 12.4 Å². The fourth-order valence-electron chi connectivity index (χ4n) is 4.79. The predicted molar refractivity (Wildman–Crippen MR) is 181 cm³/mol. The van der Waals surface area contributed by atoms with E-state index in [4.69, 9.17) is 30.8 Å². The van der Waals surface area contributed by atoms with Crippen molar-refractivity contribution in [3.8, 4) is 28.6 Å². The number of hydrogen-bond donors (Lipinski definition) is 0. The van der Waals surface area contributed by atoms with E-state index in [1.54, 1.807) is 26.5 Å². The summed E-state index contributed by atoms with van der Waals surface area (Å²) in [7, 11) is 3.26. The molecule has 43 heavy (non-hydrogen) atoms. The highest BCUT2D eigenvalue weighted by Crippen LogP contribution is 2.35. The largest absolute Gasteiger partial charge is 0.496 e. The molecule has 220 valence electrons. The standard InChI is InChI=1S/C34H31ClIN3O4/c1-20(2)26-17-27(21(3)14-30(26)41-4)33-38-29-9-7-6-8-25(29)34(40)39(33)37-18-23-15-28(36)32(31(16-23)42-5)43-19-22-10-12-24(35)13-11-22/h6-18,20H,19H2,1-5H3. The Bertz CT molecular complexity index is 1880. The number of benzene rings is 4. The molecule has 0 N–H and O–H groups in total. The second-order valence-corrected chi connectivity index (χ2v) is 11.9. The molecule has 1 aromatic heterocycles. The molecule has 9 heteroatoms. The van der Waals surface area contributed by atoms with E-state index in [1.807, 2.05) is 73.7 Å². The van der Waals surface area contributed by atoms with E-state index in [9.17, 15) is 4.79 Å². The molecule has 0 aliphatic heterocycles. The first-order valence-corrected chi connectivity index (χ1v) is 15.2. The summed E-state index contributed by atoms with van der Waals surface area (Å²) < 4.78 is 19.6. The van der Waals surface area contributed by atoms with Crippen molar-refractivity contribution in [1.29, 1.82) is 0 Å². The Balaban J connectivity index is 1.58. The Morgan fingerprint density at radius 2 is 1.72 bits per heavy atom. The van der Waals surface area contributed by atoms with Crippen molar-refractivity contribution in [2.45, 2.75) is 33.3 Å². The third kappa shape index (κ3) is 6.55. The molecule has 5 aromatic rings. The highest BCUT2D eigenvalue weighted by Gasteiger charge is 2.19. The Kier molecular flexibility index (Phi) is 9.37. The number of para-hydroxylation sites is 1. The first kappa shape index (κ1) is 30.6. The normalized spacial score (nSPS) is 11.4. The highest BCUT2D eigenvalue weighted by molar-refractivity contribution is 14.1. The van der Waals surface area contributed by atoms with Crippen LogP contribution in [0.1, 0.15) is 42.0 Å². The summed E-state index contributed by atoms with van der Waals surface area (Å²) in [5.74, 6) is 2.63. The number of aromatic nitrogens is 2. The molecule has 5 rings (SSSR count). The molecule has 0 saturated heterocycles. The van der Waals surface area contributed by atoms with Crippen molar-refractivity contribution >= 4 is 51.3 Å². The maximum absolute atomic E-state index is 13.8. The molecule has 7 nitrogen and oxygen atoms in total. The van der Waals surface area contributed by atoms with Crippen LogP contribution in [0.5, 0.6) is 17.2 Å². The van der Waals surface area contributed by atoms with Crippen LogP contribution >= 0.6 is 34.2 Å². The van der Waals surface area contributed by atoms with Gasteiger partial charge < -0.3 is 14.2 Å². The molecule has 0 fully saturated rings. The number of methoxy groups -OCH3 is 2. The average molecular weight is 708 g/mol. The molecule has 0 aliphatic carbocycles. The first-order valence-electron chi connectivity index (χ1n) is 13.7. The number of fused-ring (bicyclic) bond motifs is 1. The summed E-state index contributed by atoms with van der Waals surface area (Å²) >= 11 is 8.22. The minimum Gasteiger partial charge on any atom is -0.496 e. The van der Waals surface area contributed by atoms with Gasteiger partial charge in [0.25, 0.3) is 5.56 Å². The zero-order chi connectivity index (χ0) is 30.7. The van der Waals surface area contributed by atoms with Crippen LogP contribution in [0.4, 0.5) is 0 Å². The molecular formula is C34H31ClIN3O4. The van der Waals surface area contributed by atoms with E-state index < -0.39 is 0 Å². The van der Waals surface area contributed by atoms with Gasteiger partial charge >= 0.3 is 0 Å². The quantitative estimate of drug-likeness (QED) is 0.114. The summed E-state index contributed by atoms with van der Waals surface area (Å²) in [5, 5.41) is 5.84. The number of aryl methyl sites for hydroxylation is 1. The Labute approximate surface area is 269 Å². The molecule has 0 radical (unpaired) electrons. The van der Waals surface area contributed by atoms with E-state index >= 15 is 0 Å². The van der Waals surface area contributed by atoms with Gasteiger partial charge in [-0.05, 0) is 106 Å². The maximum atomic E-state index is 13.8. The molecule has 0 bridgehead atoms. The minimum absolute atomic E-state index is 0.202. The van der Waals surface area contributed by atoms with Gasteiger partial charge in [0.05, 0.1) is 34.9 Å². The van der Waals surface area contributed by atoms with Crippen LogP contribution in [0.3, 0.4) is 0 Å². The smallest absolute Gasteiger partial charge is 0.282 e. The molecule has 4 aromatic carbocycles. The van der Waals surface area contributed by atoms with Crippen LogP contribution in [-0.4, -0.2) is 30.1 Å². The third-order valence-electron chi connectivity index (χ3n) is 7.06. The topological polar surface area (TPSA) is 74.9 Å². The van der Waals surface area contributed by atoms with Gasteiger partial charge in [-0.15, -0.1) is 0 Å². The summed E-state index contributed by atoms with van der Waals surface area (Å²) in [6.07, 6.45) is 1.64. The van der Waals surface area contributed by atoms with E-state index in [2.05, 4.69) is 41.5 Å². The number of nitrogens with zero attached hydrogens (tertiary/aromatic N) is 3. The minimum atomic E-state index is -0.261. The van der Waals surface area contributed by atoms with Crippen LogP contribution in [0.25, 0.3) is 22.3 Å². The van der Waals surface area contributed by atoms with Crippen LogP contribution in [0.15, 0.2) is 82.7 Å². The SMILES string of the molecule is COc1cc(C)c(-c2nc3ccccc3c(=O)n2N=Cc2cc(I)c(OCc3ccc(Cl)cc3)c(OC)c2)cc1C(C)C. The molecule has 0 unspecified atom stereocenters. The molecular weight excluding hydrogens is 677 g/mol. The molecule has 0 aliphatic rings. The molecule has 0 saturated carbocycles. The van der Waals surface area contributed by atoms with Gasteiger partial charge in [0, 0.05) is 10.6 Å². The van der Waals surface area contributed by atoms with E-state index in [0.717, 1.165) is 37.1 Å². The lowest BCUT2D eigenvalue weighted by Gasteiger charge is -2.17. The molecule has 0 amide bonds. The molecule has 1 heterocycles. The van der Waals surface area contributed by atoms with Crippen molar-refractivity contribution in [3.63, 3.8) is 0 Å². The fraction of sp³-hybridized carbons (Fsp3) is 0.206. The van der Waals surface area contributed by atoms with E-state index in [-0.39, 0.29) is 11.5 Å². The van der Waals surface area contributed by atoms with Gasteiger partial charge in [0.15, 0.2) is 17.3 Å². The lowest BCUT2D eigenvalue weighted by Crippen LogP contribution is -2.21. The second-order valence-electron chi connectivity index (χ2n) is 10.3. The van der Waals surface area contributed by atoms with Crippen molar-refractivity contribution in [3.05, 3.63) is 114 Å². The highest BCUT2D eigenvalue weighted by atomic mass is 127. The third-order valence-corrected chi connectivity index (χ3v) is 8.12. The number of hydrogen-bond acceptors (Lipinski definition) is 6. The lowest BCUT2D eigenvalue weighted by atomic mass is 9.96. The van der Waals surface area contributed by atoms with Gasteiger partial charge in [-0.2, -0.15) is 9.78 Å². The molecule has 0 spiro atoms. The Morgan fingerprint density at radius 1 is 1.00 bits per heavy atom. The predicted octanol–water partition coefficient (Wildman–Crippen LogP) is 8.23. The number of halogens is 2. The summed E-state index contributed by atoms with van der Waals surface area (Å²) in [6.45, 7) is 6.55. The van der Waals surface area contributed by atoms with Crippen molar-refractivity contribution in [2.75, 3.05) is 14.2 Å². The number of rotatable bonds is 9. The van der Waals surface area contributed by atoms with Gasteiger partial charge in [-0.1, -0.05) is 49.7 Å². The van der Waals surface area contributed by atoms with Crippen LogP contribution < -0.4 is 19.8 Å². The van der Waals surface area contributed by atoms with Crippen molar-refractivity contribution in [2.24, 2.45) is 5.10 Å². The maximum Gasteiger partial charge on any atom is 0.282 e. The van der Waals surface area contributed by atoms with E-state index in [0.29, 0.717) is 39.9 Å². The Hall–Kier alpha value is -3.89. The summed E-state index contributed by atoms with van der Waals surface area (Å²) in [5.41, 5.74) is 4.82. The zero-order valence-corrected chi connectivity index (χ0v) is 27.4. The fourth-order valence-corrected chi connectivity index (χ4v) is 5.69. The number of ether oxygens (including phenoxy) is 3. The van der Waals surface area contributed by atoms with Gasteiger partial charge in [-0.3, -0.25) is 4.79 Å². The van der Waals surface area contributed by atoms with Crippen molar-refractivity contribution < 1.29 is 14.2 Å². The second kappa shape index (κ2) is 13.2. The van der Waals surface area contributed by atoms with Crippen LogP contribution in [0.2, 0.25) is 5.02 Å². The zero-order valence-electron chi connectivity index (χ0n) is 24.5. The van der Waals surface area contributed by atoms with Crippen molar-refractivity contribution in [1.82, 2.24) is 9.66 Å². The van der Waals surface area contributed by atoms with Crippen LogP contribution in [-0.2, 0) is 6.61 Å². The Morgan fingerprint density at radius 3 is 2.42 bits per heavy atom. The first-order chi connectivity index (χ1) is 20.7. The van der Waals surface area contributed by atoms with E-state index in [1.165, 1.54) is 4.68 Å². The monoisotopic (exact) mass is 707 g/mol. The summed E-state index contributed by atoms with van der Waals surface area (Å²) in [6, 6.07) is 22.6. The van der Waals surface area contributed by atoms with Gasteiger partial charge in [-0.25, -0.2) is 4.98 Å². The summed E-state index contributed by atoms with van der Waals surface area (Å²) in [4.78, 5) is 18.7. The molecule has 0 atom stereocenters. The van der Waals surface area contributed by atoms with Crippen LogP contribution in [0, 0.1) is 10.5 Å². The average Bonchev–Trinajstić information content (AvgIpc) is 3.00.